The number of para-hydroxylation sites is 1. The molecule has 8 heteroatoms. The quantitative estimate of drug-likeness (QED) is 0.262. The fraction of sp³-hybridized carbons (Fsp3) is 0.333. The maximum Gasteiger partial charge on any atom is 0.266 e. The average Bonchev–Trinajstić information content (AvgIpc) is 3.78. The molecular weight excluding hydrogens is 510 g/mol. The predicted octanol–water partition coefficient (Wildman–Crippen LogP) is 5.96. The molecule has 0 radical (unpaired) electrons. The van der Waals surface area contributed by atoms with E-state index >= 15 is 0 Å². The van der Waals surface area contributed by atoms with Gasteiger partial charge in [0, 0.05) is 29.0 Å². The Morgan fingerprint density at radius 3 is 2.56 bits per heavy atom. The summed E-state index contributed by atoms with van der Waals surface area (Å²) in [5, 5.41) is 7.56. The molecule has 1 atom stereocenters. The Bertz CT molecular complexity index is 1730. The molecule has 1 aliphatic carbocycles. The van der Waals surface area contributed by atoms with E-state index in [2.05, 4.69) is 51.4 Å². The first-order valence-corrected chi connectivity index (χ1v) is 14.7. The van der Waals surface area contributed by atoms with E-state index in [0.717, 1.165) is 60.5 Å². The topological polar surface area (TPSA) is 89.7 Å². The lowest BCUT2D eigenvalue weighted by Gasteiger charge is -2.15. The van der Waals surface area contributed by atoms with Crippen molar-refractivity contribution in [1.29, 1.82) is 0 Å². The number of hydrogen-bond acceptors (Lipinski definition) is 6. The minimum absolute atomic E-state index is 0.140. The third kappa shape index (κ3) is 5.04. The van der Waals surface area contributed by atoms with Crippen LogP contribution in [0.1, 0.15) is 49.4 Å². The highest BCUT2D eigenvalue weighted by molar-refractivity contribution is 5.83. The van der Waals surface area contributed by atoms with Gasteiger partial charge in [0.15, 0.2) is 5.65 Å². The van der Waals surface area contributed by atoms with Crippen LogP contribution >= 0.6 is 0 Å². The summed E-state index contributed by atoms with van der Waals surface area (Å²) in [5.41, 5.74) is 5.74. The Balaban J connectivity index is 1.26. The van der Waals surface area contributed by atoms with Crippen molar-refractivity contribution < 1.29 is 0 Å². The molecule has 2 aliphatic rings. The minimum atomic E-state index is -0.140. The molecule has 8 nitrogen and oxygen atoms in total. The summed E-state index contributed by atoms with van der Waals surface area (Å²) in [6.07, 6.45) is 10.8. The van der Waals surface area contributed by atoms with Crippen LogP contribution in [-0.2, 0) is 6.42 Å². The number of anilines is 2. The molecule has 5 aromatic rings. The Kier molecular flexibility index (Phi) is 6.84. The molecular formula is C33H35N7O. The van der Waals surface area contributed by atoms with Crippen LogP contribution in [0, 0.1) is 12.8 Å². The van der Waals surface area contributed by atoms with Gasteiger partial charge in [-0.2, -0.15) is 4.98 Å². The molecule has 7 rings (SSSR count). The van der Waals surface area contributed by atoms with Crippen molar-refractivity contribution in [2.24, 2.45) is 5.92 Å². The number of hydrogen-bond donors (Lipinski definition) is 2. The van der Waals surface area contributed by atoms with Crippen LogP contribution in [0.5, 0.6) is 0 Å². The third-order valence-electron chi connectivity index (χ3n) is 8.67. The molecule has 0 spiro atoms. The van der Waals surface area contributed by atoms with Crippen molar-refractivity contribution in [2.45, 2.75) is 51.5 Å². The summed E-state index contributed by atoms with van der Waals surface area (Å²) in [4.78, 5) is 28.4. The molecule has 1 aliphatic heterocycles. The van der Waals surface area contributed by atoms with E-state index in [4.69, 9.17) is 9.97 Å². The maximum atomic E-state index is 14.1. The van der Waals surface area contributed by atoms with Crippen molar-refractivity contribution in [1.82, 2.24) is 29.4 Å². The summed E-state index contributed by atoms with van der Waals surface area (Å²) >= 11 is 0. The van der Waals surface area contributed by atoms with E-state index in [0.29, 0.717) is 29.1 Å². The molecule has 4 heterocycles. The number of benzene rings is 2. The smallest absolute Gasteiger partial charge is 0.266 e. The number of imidazole rings is 1. The van der Waals surface area contributed by atoms with Gasteiger partial charge in [0.25, 0.3) is 5.56 Å². The largest absolute Gasteiger partial charge is 0.331 e. The highest BCUT2D eigenvalue weighted by Gasteiger charge is 2.23. The lowest BCUT2D eigenvalue weighted by Crippen LogP contribution is -2.22. The molecule has 3 aromatic heterocycles. The number of rotatable bonds is 7. The minimum Gasteiger partial charge on any atom is -0.331 e. The van der Waals surface area contributed by atoms with Crippen LogP contribution in [-0.4, -0.2) is 37.2 Å². The number of aromatic nitrogens is 5. The van der Waals surface area contributed by atoms with Gasteiger partial charge in [-0.15, -0.1) is 0 Å². The SMILES string of the molecule is Cc1c(-c2cc3cnc(Nc4ccc(CC5CCNC5)cc4)nc3n(-c3ccccc3)c2=O)ncn1C1CCCC1. The van der Waals surface area contributed by atoms with E-state index in [9.17, 15) is 4.79 Å². The summed E-state index contributed by atoms with van der Waals surface area (Å²) in [6, 6.07) is 20.5. The first kappa shape index (κ1) is 25.7. The highest BCUT2D eigenvalue weighted by Crippen LogP contribution is 2.33. The third-order valence-corrected chi connectivity index (χ3v) is 8.67. The molecule has 2 fully saturated rings. The second-order valence-electron chi connectivity index (χ2n) is 11.4. The van der Waals surface area contributed by atoms with Gasteiger partial charge in [0.2, 0.25) is 5.95 Å². The maximum absolute atomic E-state index is 14.1. The van der Waals surface area contributed by atoms with E-state index in [-0.39, 0.29) is 5.56 Å². The van der Waals surface area contributed by atoms with Crippen molar-refractivity contribution in [3.8, 4) is 16.9 Å². The van der Waals surface area contributed by atoms with Crippen molar-refractivity contribution in [2.75, 3.05) is 18.4 Å². The fourth-order valence-electron chi connectivity index (χ4n) is 6.46. The van der Waals surface area contributed by atoms with Crippen LogP contribution in [0.15, 0.2) is 78.0 Å². The standard InChI is InChI=1S/C33H35N7O/c1-22-30(36-21-39(22)27-7-5-6-8-27)29-18-25-20-35-33(38-31(25)40(32(29)41)28-9-3-2-4-10-28)37-26-13-11-23(12-14-26)17-24-15-16-34-19-24/h2-4,9-14,18,20-21,24,27,34H,5-8,15-17,19H2,1H3,(H,35,37,38). The lowest BCUT2D eigenvalue weighted by molar-refractivity contribution is 0.508. The molecule has 1 saturated heterocycles. The highest BCUT2D eigenvalue weighted by atomic mass is 16.1. The second kappa shape index (κ2) is 10.9. The molecule has 0 bridgehead atoms. The average molecular weight is 546 g/mol. The lowest BCUT2D eigenvalue weighted by atomic mass is 9.99. The Hall–Kier alpha value is -4.30. The Labute approximate surface area is 239 Å². The fourth-order valence-corrected chi connectivity index (χ4v) is 6.46. The van der Waals surface area contributed by atoms with E-state index in [1.54, 1.807) is 10.8 Å². The normalized spacial score (nSPS) is 17.4. The molecule has 0 amide bonds. The number of fused-ring (bicyclic) bond motifs is 1. The summed E-state index contributed by atoms with van der Waals surface area (Å²) in [6.45, 7) is 4.27. The van der Waals surface area contributed by atoms with Crippen molar-refractivity contribution in [3.05, 3.63) is 94.8 Å². The summed E-state index contributed by atoms with van der Waals surface area (Å²) < 4.78 is 3.93. The van der Waals surface area contributed by atoms with Crippen molar-refractivity contribution in [3.63, 3.8) is 0 Å². The first-order chi connectivity index (χ1) is 20.1. The van der Waals surface area contributed by atoms with E-state index in [1.807, 2.05) is 42.7 Å². The Morgan fingerprint density at radius 1 is 1.00 bits per heavy atom. The van der Waals surface area contributed by atoms with Gasteiger partial charge in [-0.05, 0) is 87.5 Å². The van der Waals surface area contributed by atoms with E-state index in [1.165, 1.54) is 24.8 Å². The molecule has 208 valence electrons. The van der Waals surface area contributed by atoms with Gasteiger partial charge in [0.05, 0.1) is 23.3 Å². The van der Waals surface area contributed by atoms with Gasteiger partial charge in [0.1, 0.15) is 0 Å². The second-order valence-corrected chi connectivity index (χ2v) is 11.4. The van der Waals surface area contributed by atoms with Crippen LogP contribution in [0.4, 0.5) is 11.6 Å². The molecule has 41 heavy (non-hydrogen) atoms. The Morgan fingerprint density at radius 2 is 1.80 bits per heavy atom. The van der Waals surface area contributed by atoms with Gasteiger partial charge >= 0.3 is 0 Å². The van der Waals surface area contributed by atoms with Crippen molar-refractivity contribution >= 4 is 22.7 Å². The molecule has 1 saturated carbocycles. The van der Waals surface area contributed by atoms with Crippen LogP contribution in [0.3, 0.4) is 0 Å². The van der Waals surface area contributed by atoms with Gasteiger partial charge < -0.3 is 15.2 Å². The zero-order valence-corrected chi connectivity index (χ0v) is 23.4. The van der Waals surface area contributed by atoms with Crippen LogP contribution in [0.2, 0.25) is 0 Å². The summed E-state index contributed by atoms with van der Waals surface area (Å²) in [7, 11) is 0. The van der Waals surface area contributed by atoms with Gasteiger partial charge in [-0.25, -0.2) is 9.97 Å². The van der Waals surface area contributed by atoms with Crippen LogP contribution < -0.4 is 16.2 Å². The van der Waals surface area contributed by atoms with Crippen LogP contribution in [0.25, 0.3) is 28.0 Å². The summed E-state index contributed by atoms with van der Waals surface area (Å²) in [5.74, 6) is 1.15. The predicted molar refractivity (Wildman–Crippen MR) is 163 cm³/mol. The van der Waals surface area contributed by atoms with E-state index < -0.39 is 0 Å². The van der Waals surface area contributed by atoms with Gasteiger partial charge in [-0.3, -0.25) is 9.36 Å². The zero-order valence-electron chi connectivity index (χ0n) is 23.4. The number of pyridine rings is 1. The van der Waals surface area contributed by atoms with Gasteiger partial charge in [-0.1, -0.05) is 43.2 Å². The zero-order chi connectivity index (χ0) is 27.8. The first-order valence-electron chi connectivity index (χ1n) is 14.7. The monoisotopic (exact) mass is 545 g/mol. The molecule has 2 aromatic carbocycles. The molecule has 1 unspecified atom stereocenters. The number of nitrogens with one attached hydrogen (secondary N) is 2. The number of nitrogens with zero attached hydrogens (tertiary/aromatic N) is 5. The molecule has 2 N–H and O–H groups in total.